The van der Waals surface area contributed by atoms with Crippen LogP contribution in [0.1, 0.15) is 25.0 Å². The van der Waals surface area contributed by atoms with Crippen LogP contribution in [0.25, 0.3) is 65.0 Å². The summed E-state index contributed by atoms with van der Waals surface area (Å²) in [6.07, 6.45) is 0. The predicted molar refractivity (Wildman–Crippen MR) is 210 cm³/mol. The van der Waals surface area contributed by atoms with Gasteiger partial charge in [-0.15, -0.1) is 11.3 Å². The van der Waals surface area contributed by atoms with E-state index in [0.29, 0.717) is 5.89 Å². The Balaban J connectivity index is 1.17. The molecule has 7 aromatic carbocycles. The van der Waals surface area contributed by atoms with E-state index in [4.69, 9.17) is 9.40 Å². The predicted octanol–water partition coefficient (Wildman–Crippen LogP) is 13.3. The molecular weight excluding hydrogens is 629 g/mol. The van der Waals surface area contributed by atoms with Crippen molar-refractivity contribution in [1.82, 2.24) is 4.98 Å². The van der Waals surface area contributed by atoms with Gasteiger partial charge in [0.2, 0.25) is 5.89 Å². The molecule has 50 heavy (non-hydrogen) atoms. The zero-order valence-corrected chi connectivity index (χ0v) is 28.5. The number of benzene rings is 7. The van der Waals surface area contributed by atoms with E-state index in [9.17, 15) is 0 Å². The maximum atomic E-state index is 6.33. The van der Waals surface area contributed by atoms with Crippen LogP contribution in [0.3, 0.4) is 0 Å². The quantitative estimate of drug-likeness (QED) is 0.184. The smallest absolute Gasteiger partial charge is 0.227 e. The molecule has 0 bridgehead atoms. The fourth-order valence-corrected chi connectivity index (χ4v) is 8.92. The largest absolute Gasteiger partial charge is 0.436 e. The topological polar surface area (TPSA) is 29.3 Å². The number of para-hydroxylation sites is 2. The van der Waals surface area contributed by atoms with Crippen molar-refractivity contribution in [1.29, 1.82) is 0 Å². The maximum absolute atomic E-state index is 6.33. The summed E-state index contributed by atoms with van der Waals surface area (Å²) in [4.78, 5) is 7.32. The second kappa shape index (κ2) is 11.0. The van der Waals surface area contributed by atoms with E-state index >= 15 is 0 Å². The highest BCUT2D eigenvalue weighted by Crippen LogP contribution is 2.54. The maximum Gasteiger partial charge on any atom is 0.227 e. The van der Waals surface area contributed by atoms with Crippen LogP contribution in [-0.4, -0.2) is 4.98 Å². The van der Waals surface area contributed by atoms with Crippen molar-refractivity contribution in [2.45, 2.75) is 19.3 Å². The molecule has 1 aliphatic carbocycles. The van der Waals surface area contributed by atoms with Crippen molar-refractivity contribution in [3.63, 3.8) is 0 Å². The molecule has 2 aromatic heterocycles. The van der Waals surface area contributed by atoms with Gasteiger partial charge in [0.05, 0.1) is 0 Å². The Labute approximate surface area is 294 Å². The normalized spacial score (nSPS) is 13.2. The molecule has 1 aliphatic rings. The van der Waals surface area contributed by atoms with Gasteiger partial charge < -0.3 is 9.32 Å². The average Bonchev–Trinajstić information content (AvgIpc) is 3.83. The van der Waals surface area contributed by atoms with E-state index in [1.54, 1.807) is 0 Å². The van der Waals surface area contributed by atoms with Crippen LogP contribution in [0.2, 0.25) is 0 Å². The summed E-state index contributed by atoms with van der Waals surface area (Å²) in [5.41, 5.74) is 13.2. The first-order chi connectivity index (χ1) is 24.5. The van der Waals surface area contributed by atoms with Crippen molar-refractivity contribution >= 4 is 59.7 Å². The molecule has 0 spiro atoms. The monoisotopic (exact) mass is 660 g/mol. The molecule has 9 aromatic rings. The van der Waals surface area contributed by atoms with Gasteiger partial charge in [0, 0.05) is 48.2 Å². The zero-order chi connectivity index (χ0) is 33.4. The van der Waals surface area contributed by atoms with Gasteiger partial charge >= 0.3 is 0 Å². The lowest BCUT2D eigenvalue weighted by atomic mass is 9.82. The SMILES string of the molecule is CC1(C)c2cc(N(c3cccc(-c4ccccc4)c3)c3ccc4sc5ccccc5c4c3)ccc2-c2c(-c3nc4ccccc4o3)cccc21. The fraction of sp³-hybridized carbons (Fsp3) is 0.0652. The molecule has 0 aliphatic heterocycles. The average molecular weight is 661 g/mol. The third kappa shape index (κ3) is 4.45. The van der Waals surface area contributed by atoms with Gasteiger partial charge in [-0.3, -0.25) is 0 Å². The number of hydrogen-bond acceptors (Lipinski definition) is 4. The molecule has 2 heterocycles. The minimum atomic E-state index is -0.228. The Hall–Kier alpha value is -5.97. The molecule has 4 heteroatoms. The zero-order valence-electron chi connectivity index (χ0n) is 27.7. The van der Waals surface area contributed by atoms with E-state index in [1.165, 1.54) is 53.6 Å². The van der Waals surface area contributed by atoms with E-state index in [0.717, 1.165) is 33.7 Å². The minimum absolute atomic E-state index is 0.228. The number of aromatic nitrogens is 1. The summed E-state index contributed by atoms with van der Waals surface area (Å²) in [5, 5.41) is 2.58. The van der Waals surface area contributed by atoms with E-state index in [1.807, 2.05) is 35.6 Å². The third-order valence-electron chi connectivity index (χ3n) is 10.3. The lowest BCUT2D eigenvalue weighted by Gasteiger charge is -2.28. The van der Waals surface area contributed by atoms with Crippen LogP contribution in [0, 0.1) is 0 Å². The third-order valence-corrected chi connectivity index (χ3v) is 11.4. The van der Waals surface area contributed by atoms with Gasteiger partial charge in [0.15, 0.2) is 5.58 Å². The molecule has 0 N–H and O–H groups in total. The molecule has 3 nitrogen and oxygen atoms in total. The summed E-state index contributed by atoms with van der Waals surface area (Å²) < 4.78 is 8.93. The van der Waals surface area contributed by atoms with Crippen LogP contribution in [0.5, 0.6) is 0 Å². The number of oxazole rings is 1. The van der Waals surface area contributed by atoms with E-state index < -0.39 is 0 Å². The van der Waals surface area contributed by atoms with Crippen molar-refractivity contribution in [3.05, 3.63) is 169 Å². The lowest BCUT2D eigenvalue weighted by Crippen LogP contribution is -2.16. The Morgan fingerprint density at radius 1 is 0.540 bits per heavy atom. The van der Waals surface area contributed by atoms with Crippen LogP contribution >= 0.6 is 11.3 Å². The first-order valence-electron chi connectivity index (χ1n) is 17.0. The second-order valence-corrected chi connectivity index (χ2v) is 14.7. The van der Waals surface area contributed by atoms with Crippen molar-refractivity contribution < 1.29 is 4.42 Å². The van der Waals surface area contributed by atoms with Crippen molar-refractivity contribution in [2.24, 2.45) is 0 Å². The summed E-state index contributed by atoms with van der Waals surface area (Å²) in [5.74, 6) is 0.659. The molecule has 0 unspecified atom stereocenters. The molecular formula is C46H32N2OS. The molecule has 0 atom stereocenters. The number of hydrogen-bond donors (Lipinski definition) is 0. The van der Waals surface area contributed by atoms with Gasteiger partial charge in [0.1, 0.15) is 5.52 Å². The van der Waals surface area contributed by atoms with Gasteiger partial charge in [-0.05, 0) is 100 Å². The lowest BCUT2D eigenvalue weighted by molar-refractivity contribution is 0.619. The van der Waals surface area contributed by atoms with E-state index in [-0.39, 0.29) is 5.41 Å². The first kappa shape index (κ1) is 29.0. The van der Waals surface area contributed by atoms with Gasteiger partial charge in [-0.25, -0.2) is 4.98 Å². The summed E-state index contributed by atoms with van der Waals surface area (Å²) in [6.45, 7) is 4.67. The van der Waals surface area contributed by atoms with Crippen LogP contribution < -0.4 is 4.90 Å². The molecule has 0 saturated heterocycles. The fourth-order valence-electron chi connectivity index (χ4n) is 7.84. The molecule has 10 rings (SSSR count). The van der Waals surface area contributed by atoms with Crippen molar-refractivity contribution in [3.8, 4) is 33.7 Å². The van der Waals surface area contributed by atoms with Gasteiger partial charge in [-0.2, -0.15) is 0 Å². The minimum Gasteiger partial charge on any atom is -0.436 e. The van der Waals surface area contributed by atoms with Crippen LogP contribution in [0.15, 0.2) is 162 Å². The van der Waals surface area contributed by atoms with Crippen molar-refractivity contribution in [2.75, 3.05) is 4.90 Å². The summed E-state index contributed by atoms with van der Waals surface area (Å²) in [7, 11) is 0. The Bertz CT molecular complexity index is 2720. The molecule has 238 valence electrons. The first-order valence-corrected chi connectivity index (χ1v) is 17.9. The molecule has 0 fully saturated rings. The number of nitrogens with zero attached hydrogens (tertiary/aromatic N) is 2. The highest BCUT2D eigenvalue weighted by Gasteiger charge is 2.38. The Morgan fingerprint density at radius 3 is 2.16 bits per heavy atom. The van der Waals surface area contributed by atoms with Gasteiger partial charge in [0.25, 0.3) is 0 Å². The standard InChI is InChI=1S/C46H32N2OS/c1-46(2)38-18-11-17-36(45-47-40-19-7-8-20-41(40)49-45)44(38)35-24-22-33(28-39(35)46)48(31-15-10-14-30(26-31)29-12-4-3-5-13-29)32-23-25-43-37(27-32)34-16-6-9-21-42(34)50-43/h3-28H,1-2H3. The number of anilines is 3. The van der Waals surface area contributed by atoms with Crippen LogP contribution in [-0.2, 0) is 5.41 Å². The highest BCUT2D eigenvalue weighted by molar-refractivity contribution is 7.25. The summed E-state index contributed by atoms with van der Waals surface area (Å²) >= 11 is 1.85. The number of rotatable bonds is 5. The molecule has 0 amide bonds. The van der Waals surface area contributed by atoms with E-state index in [2.05, 4.69) is 152 Å². The molecule has 0 radical (unpaired) electrons. The van der Waals surface area contributed by atoms with Gasteiger partial charge in [-0.1, -0.05) is 105 Å². The van der Waals surface area contributed by atoms with Crippen LogP contribution in [0.4, 0.5) is 17.1 Å². The number of thiophene rings is 1. The highest BCUT2D eigenvalue weighted by atomic mass is 32.1. The molecule has 0 saturated carbocycles. The summed E-state index contributed by atoms with van der Waals surface area (Å²) in [6, 6.07) is 56.7. The Morgan fingerprint density at radius 2 is 1.26 bits per heavy atom. The number of fused-ring (bicyclic) bond motifs is 7. The second-order valence-electron chi connectivity index (χ2n) is 13.6. The Kier molecular flexibility index (Phi) is 6.39.